The van der Waals surface area contributed by atoms with Crippen LogP contribution in [-0.4, -0.2) is 44.6 Å². The molecule has 0 saturated carbocycles. The molecule has 0 saturated heterocycles. The Labute approximate surface area is 114 Å². The predicted molar refractivity (Wildman–Crippen MR) is 74.6 cm³/mol. The number of nitrogens with zero attached hydrogens (tertiary/aromatic N) is 1. The molecular weight excluding hydrogens is 244 g/mol. The molecule has 0 radical (unpaired) electrons. The van der Waals surface area contributed by atoms with Crippen LogP contribution < -0.4 is 19.9 Å². The molecule has 5 heteroatoms. The number of rotatable bonds is 6. The zero-order chi connectivity index (χ0) is 13.9. The Bertz CT molecular complexity index is 445. The largest absolute Gasteiger partial charge is 0.485 e. The SMILES string of the molecule is CC[N+](C)(CC)CCOc1cc2c(cc1N)OCO2. The first-order valence-electron chi connectivity index (χ1n) is 6.73. The van der Waals surface area contributed by atoms with E-state index in [4.69, 9.17) is 19.9 Å². The second-order valence-electron chi connectivity index (χ2n) is 5.07. The molecular formula is C14H23N2O3+. The fourth-order valence-electron chi connectivity index (χ4n) is 1.98. The summed E-state index contributed by atoms with van der Waals surface area (Å²) in [5, 5.41) is 0. The van der Waals surface area contributed by atoms with Crippen molar-refractivity contribution in [1.29, 1.82) is 0 Å². The van der Waals surface area contributed by atoms with Gasteiger partial charge in [-0.3, -0.25) is 0 Å². The van der Waals surface area contributed by atoms with Gasteiger partial charge in [0, 0.05) is 12.1 Å². The predicted octanol–water partition coefficient (Wildman–Crippen LogP) is 1.86. The van der Waals surface area contributed by atoms with E-state index in [1.54, 1.807) is 12.1 Å². The topological polar surface area (TPSA) is 53.7 Å². The first-order valence-corrected chi connectivity index (χ1v) is 6.73. The summed E-state index contributed by atoms with van der Waals surface area (Å²) >= 11 is 0. The quantitative estimate of drug-likeness (QED) is 0.631. The minimum Gasteiger partial charge on any atom is -0.485 e. The number of nitrogen functional groups attached to an aromatic ring is 1. The van der Waals surface area contributed by atoms with Gasteiger partial charge in [0.2, 0.25) is 6.79 Å². The first kappa shape index (κ1) is 13.8. The van der Waals surface area contributed by atoms with E-state index in [2.05, 4.69) is 20.9 Å². The Hall–Kier alpha value is -1.62. The smallest absolute Gasteiger partial charge is 0.231 e. The second-order valence-corrected chi connectivity index (χ2v) is 5.07. The normalized spacial score (nSPS) is 13.6. The highest BCUT2D eigenvalue weighted by Crippen LogP contribution is 2.39. The van der Waals surface area contributed by atoms with E-state index in [1.807, 2.05) is 0 Å². The molecule has 0 fully saturated rings. The number of benzene rings is 1. The van der Waals surface area contributed by atoms with E-state index >= 15 is 0 Å². The Kier molecular flexibility index (Phi) is 4.04. The zero-order valence-corrected chi connectivity index (χ0v) is 11.9. The molecule has 1 aromatic rings. The summed E-state index contributed by atoms with van der Waals surface area (Å²) in [7, 11) is 2.23. The summed E-state index contributed by atoms with van der Waals surface area (Å²) < 4.78 is 17.4. The molecule has 0 spiro atoms. The van der Waals surface area contributed by atoms with Crippen molar-refractivity contribution in [2.24, 2.45) is 0 Å². The Morgan fingerprint density at radius 2 is 1.84 bits per heavy atom. The summed E-state index contributed by atoms with van der Waals surface area (Å²) in [6, 6.07) is 3.56. The molecule has 1 aliphatic heterocycles. The van der Waals surface area contributed by atoms with Crippen LogP contribution in [0.4, 0.5) is 5.69 Å². The van der Waals surface area contributed by atoms with E-state index in [-0.39, 0.29) is 6.79 Å². The summed E-state index contributed by atoms with van der Waals surface area (Å²) in [5.74, 6) is 2.06. The molecule has 0 amide bonds. The van der Waals surface area contributed by atoms with Crippen LogP contribution in [0, 0.1) is 0 Å². The molecule has 0 aromatic heterocycles. The van der Waals surface area contributed by atoms with Crippen molar-refractivity contribution >= 4 is 5.69 Å². The molecule has 1 aromatic carbocycles. The van der Waals surface area contributed by atoms with E-state index in [0.29, 0.717) is 29.5 Å². The highest BCUT2D eigenvalue weighted by Gasteiger charge is 2.19. The minimum atomic E-state index is 0.249. The highest BCUT2D eigenvalue weighted by molar-refractivity contribution is 5.62. The van der Waals surface area contributed by atoms with Crippen LogP contribution in [0.3, 0.4) is 0 Å². The van der Waals surface area contributed by atoms with E-state index in [9.17, 15) is 0 Å². The first-order chi connectivity index (χ1) is 9.08. The van der Waals surface area contributed by atoms with E-state index in [1.165, 1.54) is 0 Å². The van der Waals surface area contributed by atoms with Crippen molar-refractivity contribution in [3.63, 3.8) is 0 Å². The standard InChI is InChI=1S/C14H23N2O3/c1-4-16(3,5-2)6-7-17-12-9-14-13(8-11(12)15)18-10-19-14/h8-9H,4-7,10,15H2,1-3H3/q+1. The van der Waals surface area contributed by atoms with E-state index in [0.717, 1.165) is 24.1 Å². The number of likely N-dealkylation sites (N-methyl/N-ethyl adjacent to an activating group) is 1. The van der Waals surface area contributed by atoms with Gasteiger partial charge in [-0.1, -0.05) is 0 Å². The molecule has 5 nitrogen and oxygen atoms in total. The van der Waals surface area contributed by atoms with Crippen LogP contribution in [0.2, 0.25) is 0 Å². The van der Waals surface area contributed by atoms with Crippen molar-refractivity contribution in [3.05, 3.63) is 12.1 Å². The Balaban J connectivity index is 1.97. The number of fused-ring (bicyclic) bond motifs is 1. The van der Waals surface area contributed by atoms with Crippen LogP contribution in [0.25, 0.3) is 0 Å². The third-order valence-corrected chi connectivity index (χ3v) is 3.92. The number of quaternary nitrogens is 1. The van der Waals surface area contributed by atoms with Gasteiger partial charge in [0.25, 0.3) is 0 Å². The molecule has 2 rings (SSSR count). The number of hydrogen-bond donors (Lipinski definition) is 1. The molecule has 0 bridgehead atoms. The van der Waals surface area contributed by atoms with Gasteiger partial charge in [-0.25, -0.2) is 0 Å². The minimum absolute atomic E-state index is 0.249. The van der Waals surface area contributed by atoms with Crippen molar-refractivity contribution in [2.45, 2.75) is 13.8 Å². The fraction of sp³-hybridized carbons (Fsp3) is 0.571. The highest BCUT2D eigenvalue weighted by atomic mass is 16.7. The van der Waals surface area contributed by atoms with Crippen LogP contribution in [-0.2, 0) is 0 Å². The summed E-state index contributed by atoms with van der Waals surface area (Å²) in [4.78, 5) is 0. The monoisotopic (exact) mass is 267 g/mol. The van der Waals surface area contributed by atoms with Gasteiger partial charge in [-0.05, 0) is 13.8 Å². The summed E-state index contributed by atoms with van der Waals surface area (Å²) in [5.41, 5.74) is 6.53. The van der Waals surface area contributed by atoms with Gasteiger partial charge < -0.3 is 24.4 Å². The van der Waals surface area contributed by atoms with Crippen LogP contribution in [0.5, 0.6) is 17.2 Å². The number of anilines is 1. The Morgan fingerprint density at radius 1 is 1.21 bits per heavy atom. The fourth-order valence-corrected chi connectivity index (χ4v) is 1.98. The van der Waals surface area contributed by atoms with Crippen LogP contribution in [0.1, 0.15) is 13.8 Å². The van der Waals surface area contributed by atoms with E-state index < -0.39 is 0 Å². The van der Waals surface area contributed by atoms with Crippen LogP contribution >= 0.6 is 0 Å². The number of ether oxygens (including phenoxy) is 3. The average molecular weight is 267 g/mol. The maximum Gasteiger partial charge on any atom is 0.231 e. The van der Waals surface area contributed by atoms with Crippen molar-refractivity contribution in [3.8, 4) is 17.2 Å². The number of hydrogen-bond acceptors (Lipinski definition) is 4. The van der Waals surface area contributed by atoms with Gasteiger partial charge >= 0.3 is 0 Å². The molecule has 0 atom stereocenters. The molecule has 1 aliphatic rings. The van der Waals surface area contributed by atoms with Crippen molar-refractivity contribution in [2.75, 3.05) is 45.8 Å². The second kappa shape index (κ2) is 5.57. The molecule has 0 unspecified atom stereocenters. The molecule has 19 heavy (non-hydrogen) atoms. The lowest BCUT2D eigenvalue weighted by molar-refractivity contribution is -0.906. The lowest BCUT2D eigenvalue weighted by Crippen LogP contribution is -2.46. The zero-order valence-electron chi connectivity index (χ0n) is 11.9. The molecule has 1 heterocycles. The lowest BCUT2D eigenvalue weighted by Gasteiger charge is -2.31. The molecule has 106 valence electrons. The maximum absolute atomic E-state index is 5.94. The molecule has 2 N–H and O–H groups in total. The Morgan fingerprint density at radius 3 is 2.47 bits per heavy atom. The summed E-state index contributed by atoms with van der Waals surface area (Å²) in [6.07, 6.45) is 0. The lowest BCUT2D eigenvalue weighted by atomic mass is 10.2. The average Bonchev–Trinajstić information content (AvgIpc) is 2.85. The maximum atomic E-state index is 5.94. The molecule has 0 aliphatic carbocycles. The number of nitrogens with two attached hydrogens (primary N) is 1. The van der Waals surface area contributed by atoms with Crippen molar-refractivity contribution in [1.82, 2.24) is 0 Å². The van der Waals surface area contributed by atoms with Gasteiger partial charge in [0.1, 0.15) is 18.9 Å². The van der Waals surface area contributed by atoms with Crippen LogP contribution in [0.15, 0.2) is 12.1 Å². The van der Waals surface area contributed by atoms with Crippen molar-refractivity contribution < 1.29 is 18.7 Å². The summed E-state index contributed by atoms with van der Waals surface area (Å²) in [6.45, 7) is 8.42. The van der Waals surface area contributed by atoms with Gasteiger partial charge in [0.05, 0.1) is 25.8 Å². The van der Waals surface area contributed by atoms with Gasteiger partial charge in [0.15, 0.2) is 11.5 Å². The third kappa shape index (κ3) is 3.04. The van der Waals surface area contributed by atoms with Gasteiger partial charge in [-0.15, -0.1) is 0 Å². The van der Waals surface area contributed by atoms with Gasteiger partial charge in [-0.2, -0.15) is 0 Å². The third-order valence-electron chi connectivity index (χ3n) is 3.92.